The van der Waals surface area contributed by atoms with Crippen LogP contribution in [0.1, 0.15) is 46.7 Å². The first-order valence-corrected chi connectivity index (χ1v) is 8.00. The van der Waals surface area contributed by atoms with E-state index in [0.717, 1.165) is 15.9 Å². The minimum atomic E-state index is -1.03. The van der Waals surface area contributed by atoms with Crippen LogP contribution in [0.2, 0.25) is 0 Å². The molecule has 7 heteroatoms. The lowest BCUT2D eigenvalue weighted by molar-refractivity contribution is -0.162. The fourth-order valence-electron chi connectivity index (χ4n) is 2.26. The number of halogens is 1. The van der Waals surface area contributed by atoms with Crippen LogP contribution in [0.5, 0.6) is 0 Å². The second-order valence-electron chi connectivity index (χ2n) is 6.62. The van der Waals surface area contributed by atoms with Crippen molar-refractivity contribution in [2.24, 2.45) is 11.0 Å². The molecule has 0 saturated carbocycles. The molecule has 6 nitrogen and oxygen atoms in total. The summed E-state index contributed by atoms with van der Waals surface area (Å²) in [5, 5.41) is 16.2. The number of fused-ring (bicyclic) bond motifs is 1. The largest absolute Gasteiger partial charge is 0.459 e. The Morgan fingerprint density at radius 1 is 1.50 bits per heavy atom. The molecule has 0 amide bonds. The summed E-state index contributed by atoms with van der Waals surface area (Å²) in [7, 11) is 0. The van der Waals surface area contributed by atoms with E-state index in [1.165, 1.54) is 5.01 Å². The van der Waals surface area contributed by atoms with Crippen LogP contribution < -0.4 is 0 Å². The summed E-state index contributed by atoms with van der Waals surface area (Å²) in [6.45, 7) is 9.36. The Bertz CT molecular complexity index is 602. The van der Waals surface area contributed by atoms with Gasteiger partial charge in [-0.1, -0.05) is 13.8 Å². The highest BCUT2D eigenvalue weighted by Crippen LogP contribution is 2.28. The first-order chi connectivity index (χ1) is 10.1. The van der Waals surface area contributed by atoms with Gasteiger partial charge in [0.15, 0.2) is 0 Å². The molecular formula is C15H22BrN3O3. The van der Waals surface area contributed by atoms with Crippen LogP contribution in [0, 0.1) is 5.92 Å². The first-order valence-electron chi connectivity index (χ1n) is 7.21. The minimum Gasteiger partial charge on any atom is -0.459 e. The third kappa shape index (κ3) is 3.70. The van der Waals surface area contributed by atoms with Gasteiger partial charge in [-0.3, -0.25) is 4.79 Å². The third-order valence-electron chi connectivity index (χ3n) is 3.09. The SMILES string of the molecule is CC(C)C1=NN(CC(=O)OC(C)(C)C)C(O)n2cc(Br)cc21. The zero-order valence-corrected chi connectivity index (χ0v) is 15.1. The number of hydrazone groups is 1. The molecule has 0 fully saturated rings. The summed E-state index contributed by atoms with van der Waals surface area (Å²) >= 11 is 3.41. The van der Waals surface area contributed by atoms with E-state index < -0.39 is 17.9 Å². The lowest BCUT2D eigenvalue weighted by Crippen LogP contribution is -2.41. The van der Waals surface area contributed by atoms with Crippen molar-refractivity contribution in [3.63, 3.8) is 0 Å². The molecule has 0 bridgehead atoms. The lowest BCUT2D eigenvalue weighted by atomic mass is 10.1. The number of carbonyl (C=O) groups is 1. The van der Waals surface area contributed by atoms with Gasteiger partial charge >= 0.3 is 5.97 Å². The molecule has 0 radical (unpaired) electrons. The number of carbonyl (C=O) groups excluding carboxylic acids is 1. The van der Waals surface area contributed by atoms with Crippen LogP contribution in [0.4, 0.5) is 0 Å². The highest BCUT2D eigenvalue weighted by molar-refractivity contribution is 9.10. The third-order valence-corrected chi connectivity index (χ3v) is 3.52. The van der Waals surface area contributed by atoms with Gasteiger partial charge < -0.3 is 14.4 Å². The van der Waals surface area contributed by atoms with Crippen molar-refractivity contribution in [3.05, 3.63) is 22.4 Å². The maximum atomic E-state index is 12.0. The van der Waals surface area contributed by atoms with Crippen molar-refractivity contribution in [2.45, 2.75) is 46.6 Å². The smallest absolute Gasteiger partial charge is 0.328 e. The van der Waals surface area contributed by atoms with Crippen LogP contribution in [-0.4, -0.2) is 38.5 Å². The number of esters is 1. The summed E-state index contributed by atoms with van der Waals surface area (Å²) in [6.07, 6.45) is 0.746. The summed E-state index contributed by atoms with van der Waals surface area (Å²) in [5.41, 5.74) is 1.10. The van der Waals surface area contributed by atoms with Gasteiger partial charge in [0.05, 0.1) is 11.4 Å². The van der Waals surface area contributed by atoms with E-state index in [0.29, 0.717) is 0 Å². The van der Waals surface area contributed by atoms with Gasteiger partial charge in [-0.25, -0.2) is 5.01 Å². The molecule has 0 aromatic carbocycles. The standard InChI is InChI=1S/C15H22BrN3O3/c1-9(2)13-11-6-10(16)7-18(11)14(21)19(17-13)8-12(20)22-15(3,4)5/h6-7,9,14,21H,8H2,1-5H3. The Hall–Kier alpha value is -1.34. The number of nitrogens with zero attached hydrogens (tertiary/aromatic N) is 3. The second kappa shape index (κ2) is 6.04. The molecule has 122 valence electrons. The summed E-state index contributed by atoms with van der Waals surface area (Å²) in [5.74, 6) is -0.262. The Balaban J connectivity index is 2.26. The zero-order chi connectivity index (χ0) is 16.7. The Morgan fingerprint density at radius 3 is 2.68 bits per heavy atom. The molecule has 0 saturated heterocycles. The number of hydrogen-bond donors (Lipinski definition) is 1. The van der Waals surface area contributed by atoms with Crippen molar-refractivity contribution >= 4 is 27.6 Å². The molecule has 1 aromatic rings. The van der Waals surface area contributed by atoms with E-state index in [9.17, 15) is 9.90 Å². The maximum absolute atomic E-state index is 12.0. The molecule has 1 N–H and O–H groups in total. The van der Waals surface area contributed by atoms with Gasteiger partial charge in [0.25, 0.3) is 0 Å². The Morgan fingerprint density at radius 2 is 2.14 bits per heavy atom. The molecule has 1 aliphatic heterocycles. The summed E-state index contributed by atoms with van der Waals surface area (Å²) < 4.78 is 7.85. The molecule has 2 heterocycles. The minimum absolute atomic E-state index is 0.107. The average Bonchev–Trinajstić information content (AvgIpc) is 2.72. The summed E-state index contributed by atoms with van der Waals surface area (Å²) in [4.78, 5) is 12.0. The van der Waals surface area contributed by atoms with Crippen LogP contribution in [0.25, 0.3) is 0 Å². The Labute approximate surface area is 138 Å². The van der Waals surface area contributed by atoms with Gasteiger partial charge in [0.1, 0.15) is 12.1 Å². The van der Waals surface area contributed by atoms with E-state index in [1.54, 1.807) is 10.8 Å². The number of hydrogen-bond acceptors (Lipinski definition) is 5. The second-order valence-corrected chi connectivity index (χ2v) is 7.54. The van der Waals surface area contributed by atoms with Crippen LogP contribution in [0.3, 0.4) is 0 Å². The maximum Gasteiger partial charge on any atom is 0.328 e. The average molecular weight is 372 g/mol. The van der Waals surface area contributed by atoms with Crippen molar-refractivity contribution in [1.29, 1.82) is 0 Å². The number of ether oxygens (including phenoxy) is 1. The summed E-state index contributed by atoms with van der Waals surface area (Å²) in [6, 6.07) is 1.91. The van der Waals surface area contributed by atoms with Gasteiger partial charge in [-0.15, -0.1) is 0 Å². The number of aliphatic hydroxyl groups is 1. The molecule has 1 unspecified atom stereocenters. The monoisotopic (exact) mass is 371 g/mol. The quantitative estimate of drug-likeness (QED) is 0.829. The topological polar surface area (TPSA) is 67.1 Å². The highest BCUT2D eigenvalue weighted by Gasteiger charge is 2.30. The van der Waals surface area contributed by atoms with E-state index in [2.05, 4.69) is 21.0 Å². The molecular weight excluding hydrogens is 350 g/mol. The predicted octanol–water partition coefficient (Wildman–Crippen LogP) is 2.72. The van der Waals surface area contributed by atoms with Crippen molar-refractivity contribution < 1.29 is 14.6 Å². The fourth-order valence-corrected chi connectivity index (χ4v) is 2.70. The highest BCUT2D eigenvalue weighted by atomic mass is 79.9. The van der Waals surface area contributed by atoms with Gasteiger partial charge in [-0.05, 0) is 48.7 Å². The van der Waals surface area contributed by atoms with Crippen molar-refractivity contribution in [2.75, 3.05) is 6.54 Å². The zero-order valence-electron chi connectivity index (χ0n) is 13.5. The van der Waals surface area contributed by atoms with E-state index >= 15 is 0 Å². The number of rotatable bonds is 3. The number of aliphatic hydroxyl groups excluding tert-OH is 1. The van der Waals surface area contributed by atoms with Gasteiger partial charge in [-0.2, -0.15) is 5.10 Å². The molecule has 1 aliphatic rings. The van der Waals surface area contributed by atoms with Crippen molar-refractivity contribution in [1.82, 2.24) is 9.58 Å². The van der Waals surface area contributed by atoms with E-state index in [4.69, 9.17) is 4.74 Å². The molecule has 22 heavy (non-hydrogen) atoms. The van der Waals surface area contributed by atoms with Gasteiger partial charge in [0, 0.05) is 10.7 Å². The van der Waals surface area contributed by atoms with Crippen LogP contribution >= 0.6 is 15.9 Å². The van der Waals surface area contributed by atoms with E-state index in [1.807, 2.05) is 40.7 Å². The van der Waals surface area contributed by atoms with Crippen LogP contribution in [0.15, 0.2) is 21.8 Å². The first kappa shape index (κ1) is 17.0. The molecule has 1 atom stereocenters. The molecule has 0 aliphatic carbocycles. The Kier molecular flexibility index (Phi) is 4.67. The molecule has 0 spiro atoms. The predicted molar refractivity (Wildman–Crippen MR) is 87.3 cm³/mol. The van der Waals surface area contributed by atoms with E-state index in [-0.39, 0.29) is 12.5 Å². The van der Waals surface area contributed by atoms with Crippen molar-refractivity contribution in [3.8, 4) is 0 Å². The van der Waals surface area contributed by atoms with Crippen LogP contribution in [-0.2, 0) is 9.53 Å². The molecule has 2 rings (SSSR count). The fraction of sp³-hybridized carbons (Fsp3) is 0.600. The number of aromatic nitrogens is 1. The lowest BCUT2D eigenvalue weighted by Gasteiger charge is -2.33. The normalized spacial score (nSPS) is 18.3. The van der Waals surface area contributed by atoms with Gasteiger partial charge in [0.2, 0.25) is 6.35 Å². The molecule has 1 aromatic heterocycles.